The lowest BCUT2D eigenvalue weighted by atomic mass is 10.0. The van der Waals surface area contributed by atoms with Crippen LogP contribution >= 0.6 is 11.6 Å². The number of aliphatic hydroxyl groups is 1. The molecule has 3 atom stereocenters. The number of carbonyl (C=O) groups excluding carboxylic acids is 1. The van der Waals surface area contributed by atoms with Crippen molar-refractivity contribution in [1.82, 2.24) is 4.31 Å². The quantitative estimate of drug-likeness (QED) is 0.662. The zero-order valence-electron chi connectivity index (χ0n) is 16.0. The summed E-state index contributed by atoms with van der Waals surface area (Å²) < 4.78 is 67.9. The van der Waals surface area contributed by atoms with E-state index in [1.165, 1.54) is 16.4 Å². The maximum Gasteiger partial charge on any atom is 0.255 e. The summed E-state index contributed by atoms with van der Waals surface area (Å²) in [5.41, 5.74) is -0.443. The van der Waals surface area contributed by atoms with Crippen molar-refractivity contribution in [3.05, 3.63) is 58.4 Å². The van der Waals surface area contributed by atoms with Gasteiger partial charge in [-0.25, -0.2) is 21.6 Å². The van der Waals surface area contributed by atoms with Crippen LogP contribution in [0.5, 0.6) is 0 Å². The Morgan fingerprint density at radius 3 is 2.23 bits per heavy atom. The number of hydrogen-bond acceptors (Lipinski definition) is 4. The maximum absolute atomic E-state index is 13.4. The molecular formula is C20H18ClF3N2O4S. The Morgan fingerprint density at radius 2 is 1.65 bits per heavy atom. The Hall–Kier alpha value is -2.14. The van der Waals surface area contributed by atoms with Crippen molar-refractivity contribution < 1.29 is 31.5 Å². The van der Waals surface area contributed by atoms with Gasteiger partial charge in [-0.3, -0.25) is 4.79 Å². The molecule has 4 rings (SSSR count). The molecule has 0 saturated carbocycles. The number of aliphatic hydroxyl groups excluding tert-OH is 1. The Bertz CT molecular complexity index is 1120. The molecule has 0 spiro atoms. The van der Waals surface area contributed by atoms with Crippen LogP contribution in [0.1, 0.15) is 36.0 Å². The van der Waals surface area contributed by atoms with Gasteiger partial charge in [0.05, 0.1) is 11.1 Å². The van der Waals surface area contributed by atoms with Crippen molar-refractivity contribution in [3.8, 4) is 0 Å². The van der Waals surface area contributed by atoms with Crippen molar-refractivity contribution in [3.63, 3.8) is 0 Å². The fraction of sp³-hybridized carbons (Fsp3) is 0.350. The number of nitrogens with zero attached hydrogens (tertiary/aromatic N) is 1. The number of fused-ring (bicyclic) bond motifs is 2. The van der Waals surface area contributed by atoms with E-state index in [0.717, 1.165) is 6.07 Å². The van der Waals surface area contributed by atoms with E-state index in [9.17, 15) is 31.5 Å². The van der Waals surface area contributed by atoms with Crippen LogP contribution in [0.15, 0.2) is 35.2 Å². The topological polar surface area (TPSA) is 86.7 Å². The minimum atomic E-state index is -4.06. The first kappa shape index (κ1) is 22.1. The van der Waals surface area contributed by atoms with Crippen LogP contribution in [0.3, 0.4) is 0 Å². The zero-order valence-corrected chi connectivity index (χ0v) is 17.6. The van der Waals surface area contributed by atoms with Crippen molar-refractivity contribution in [2.24, 2.45) is 0 Å². The van der Waals surface area contributed by atoms with Gasteiger partial charge in [-0.05, 0) is 43.9 Å². The molecule has 166 valence electrons. The summed E-state index contributed by atoms with van der Waals surface area (Å²) in [6, 6.07) is 4.13. The first-order valence-corrected chi connectivity index (χ1v) is 11.4. The highest BCUT2D eigenvalue weighted by Crippen LogP contribution is 2.41. The van der Waals surface area contributed by atoms with Crippen LogP contribution in [0.25, 0.3) is 0 Å². The first-order valence-electron chi connectivity index (χ1n) is 9.55. The Balaban J connectivity index is 1.64. The standard InChI is InChI=1S/C20H18ClF3N2O4S/c21-15-4-1-10(20(28)25-11-6-16(22)19(24)17(23)7-11)5-18(15)31(29,30)26-12-2-3-13(26)9-14(27)8-12/h1,4-7,12-14,27H,2-3,8-9H2,(H,25,28)/t12-,13?,14+/m1/s1. The Kier molecular flexibility index (Phi) is 5.76. The highest BCUT2D eigenvalue weighted by atomic mass is 35.5. The summed E-state index contributed by atoms with van der Waals surface area (Å²) in [5.74, 6) is -5.47. The molecule has 1 amide bonds. The fourth-order valence-electron chi connectivity index (χ4n) is 4.28. The van der Waals surface area contributed by atoms with E-state index in [0.29, 0.717) is 37.8 Å². The number of hydrogen-bond donors (Lipinski definition) is 2. The molecular weight excluding hydrogens is 457 g/mol. The summed E-state index contributed by atoms with van der Waals surface area (Å²) in [6.07, 6.45) is 1.35. The lowest BCUT2D eigenvalue weighted by Crippen LogP contribution is -2.47. The Morgan fingerprint density at radius 1 is 1.06 bits per heavy atom. The first-order chi connectivity index (χ1) is 14.6. The van der Waals surface area contributed by atoms with Crippen LogP contribution < -0.4 is 5.32 Å². The molecule has 31 heavy (non-hydrogen) atoms. The molecule has 2 aliphatic rings. The van der Waals surface area contributed by atoms with Crippen LogP contribution in [0, 0.1) is 17.5 Å². The van der Waals surface area contributed by atoms with Gasteiger partial charge in [0.25, 0.3) is 5.91 Å². The van der Waals surface area contributed by atoms with Crippen molar-refractivity contribution >= 4 is 33.2 Å². The van der Waals surface area contributed by atoms with E-state index in [4.69, 9.17) is 11.6 Å². The van der Waals surface area contributed by atoms with Gasteiger partial charge in [0.1, 0.15) is 4.90 Å². The van der Waals surface area contributed by atoms with Gasteiger partial charge in [0.2, 0.25) is 10.0 Å². The fourth-order valence-corrected chi connectivity index (χ4v) is 6.68. The highest BCUT2D eigenvalue weighted by molar-refractivity contribution is 7.89. The molecule has 11 heteroatoms. The average molecular weight is 475 g/mol. The number of rotatable bonds is 4. The summed E-state index contributed by atoms with van der Waals surface area (Å²) in [5, 5.41) is 12.1. The zero-order chi connectivity index (χ0) is 22.5. The maximum atomic E-state index is 13.4. The summed E-state index contributed by atoms with van der Waals surface area (Å²) in [6.45, 7) is 0. The molecule has 2 aromatic rings. The smallest absolute Gasteiger partial charge is 0.255 e. The highest BCUT2D eigenvalue weighted by Gasteiger charge is 2.47. The summed E-state index contributed by atoms with van der Waals surface area (Å²) in [4.78, 5) is 12.3. The van der Waals surface area contributed by atoms with Crippen LogP contribution in [0.4, 0.5) is 18.9 Å². The van der Waals surface area contributed by atoms with Gasteiger partial charge in [-0.1, -0.05) is 11.6 Å². The van der Waals surface area contributed by atoms with Crippen molar-refractivity contribution in [1.29, 1.82) is 0 Å². The van der Waals surface area contributed by atoms with Crippen molar-refractivity contribution in [2.75, 3.05) is 5.32 Å². The third-order valence-corrected chi connectivity index (χ3v) is 8.12. The Labute approximate surface area is 181 Å². The predicted molar refractivity (Wildman–Crippen MR) is 107 cm³/mol. The van der Waals surface area contributed by atoms with E-state index in [1.54, 1.807) is 0 Å². The second kappa shape index (κ2) is 8.09. The summed E-state index contributed by atoms with van der Waals surface area (Å²) >= 11 is 6.14. The summed E-state index contributed by atoms with van der Waals surface area (Å²) in [7, 11) is -4.06. The second-order valence-electron chi connectivity index (χ2n) is 7.70. The van der Waals surface area contributed by atoms with Gasteiger partial charge >= 0.3 is 0 Å². The van der Waals surface area contributed by atoms with Gasteiger partial charge in [0, 0.05) is 35.5 Å². The second-order valence-corrected chi connectivity index (χ2v) is 9.92. The minimum absolute atomic E-state index is 0.0825. The lowest BCUT2D eigenvalue weighted by Gasteiger charge is -2.36. The molecule has 0 aromatic heterocycles. The normalized spacial score (nSPS) is 23.7. The van der Waals surface area contributed by atoms with Crippen molar-refractivity contribution in [2.45, 2.75) is 48.8 Å². The minimum Gasteiger partial charge on any atom is -0.393 e. The number of piperidine rings is 1. The van der Waals surface area contributed by atoms with E-state index < -0.39 is 39.5 Å². The molecule has 2 aromatic carbocycles. The van der Waals surface area contributed by atoms with E-state index >= 15 is 0 Å². The average Bonchev–Trinajstić information content (AvgIpc) is 2.99. The molecule has 2 bridgehead atoms. The molecule has 2 fully saturated rings. The lowest BCUT2D eigenvalue weighted by molar-refractivity contribution is 0.0768. The number of anilines is 1. The molecule has 2 aliphatic heterocycles. The SMILES string of the molecule is O=C(Nc1cc(F)c(F)c(F)c1)c1ccc(Cl)c(S(=O)(=O)N2C3CC[C@@H]2C[C@H](O)C3)c1. The van der Waals surface area contributed by atoms with Gasteiger partial charge < -0.3 is 10.4 Å². The number of sulfonamides is 1. The molecule has 6 nitrogen and oxygen atoms in total. The number of benzene rings is 2. The third kappa shape index (κ3) is 4.05. The molecule has 0 radical (unpaired) electrons. The van der Waals surface area contributed by atoms with Gasteiger partial charge in [-0.2, -0.15) is 4.31 Å². The monoisotopic (exact) mass is 474 g/mol. The van der Waals surface area contributed by atoms with Gasteiger partial charge in [-0.15, -0.1) is 0 Å². The van der Waals surface area contributed by atoms with Gasteiger partial charge in [0.15, 0.2) is 17.5 Å². The van der Waals surface area contributed by atoms with Crippen LogP contribution in [-0.2, 0) is 10.0 Å². The number of amides is 1. The number of nitrogens with one attached hydrogen (secondary N) is 1. The molecule has 2 heterocycles. The third-order valence-electron chi connectivity index (χ3n) is 5.63. The van der Waals surface area contributed by atoms with Crippen LogP contribution in [0.2, 0.25) is 5.02 Å². The number of carbonyl (C=O) groups is 1. The van der Waals surface area contributed by atoms with Crippen LogP contribution in [-0.4, -0.2) is 41.9 Å². The number of halogens is 4. The van der Waals surface area contributed by atoms with E-state index in [-0.39, 0.29) is 33.3 Å². The largest absolute Gasteiger partial charge is 0.393 e. The van der Waals surface area contributed by atoms with E-state index in [1.807, 2.05) is 0 Å². The molecule has 2 N–H and O–H groups in total. The molecule has 2 saturated heterocycles. The molecule has 1 unspecified atom stereocenters. The predicted octanol–water partition coefficient (Wildman–Crippen LogP) is 3.69. The van der Waals surface area contributed by atoms with E-state index in [2.05, 4.69) is 5.32 Å². The molecule has 0 aliphatic carbocycles.